The molecule has 8 nitrogen and oxygen atoms in total. The molecule has 1 aromatic heterocycles. The molecule has 3 aromatic rings. The molecule has 1 saturated heterocycles. The lowest BCUT2D eigenvalue weighted by molar-refractivity contribution is 0.174. The number of hydrogen-bond donors (Lipinski definition) is 0. The van der Waals surface area contributed by atoms with Crippen LogP contribution in [0.3, 0.4) is 0 Å². The van der Waals surface area contributed by atoms with Gasteiger partial charge in [0.15, 0.2) is 23.0 Å². The number of aromatic nitrogens is 2. The van der Waals surface area contributed by atoms with Crippen LogP contribution >= 0.6 is 0 Å². The third-order valence-electron chi connectivity index (χ3n) is 6.33. The number of benzene rings is 2. The van der Waals surface area contributed by atoms with E-state index < -0.39 is 0 Å². The van der Waals surface area contributed by atoms with Gasteiger partial charge < -0.3 is 23.8 Å². The summed E-state index contributed by atoms with van der Waals surface area (Å²) in [6.45, 7) is 9.27. The highest BCUT2D eigenvalue weighted by Crippen LogP contribution is 2.36. The molecule has 8 heteroatoms. The molecule has 180 valence electrons. The summed E-state index contributed by atoms with van der Waals surface area (Å²) in [4.78, 5) is 14.7. The molecule has 0 radical (unpaired) electrons. The van der Waals surface area contributed by atoms with Gasteiger partial charge in [0.2, 0.25) is 6.79 Å². The van der Waals surface area contributed by atoms with Crippen molar-refractivity contribution in [1.82, 2.24) is 14.9 Å². The maximum absolute atomic E-state index is 5.57. The number of fused-ring (bicyclic) bond motifs is 2. The molecule has 0 N–H and O–H groups in total. The third kappa shape index (κ3) is 4.55. The third-order valence-corrected chi connectivity index (χ3v) is 6.33. The summed E-state index contributed by atoms with van der Waals surface area (Å²) in [5.41, 5.74) is 2.13. The van der Waals surface area contributed by atoms with Crippen molar-refractivity contribution in [1.29, 1.82) is 0 Å². The van der Waals surface area contributed by atoms with Crippen molar-refractivity contribution in [3.05, 3.63) is 41.7 Å². The van der Waals surface area contributed by atoms with E-state index in [1.807, 2.05) is 18.2 Å². The Balaban J connectivity index is 1.37. The second-order valence-corrected chi connectivity index (χ2v) is 9.24. The molecule has 0 saturated carbocycles. The van der Waals surface area contributed by atoms with E-state index in [1.54, 1.807) is 14.2 Å². The van der Waals surface area contributed by atoms with Crippen LogP contribution in [0.15, 0.2) is 30.3 Å². The maximum atomic E-state index is 5.57. The molecule has 2 aliphatic rings. The van der Waals surface area contributed by atoms with Crippen LogP contribution in [-0.2, 0) is 13.0 Å². The van der Waals surface area contributed by atoms with E-state index in [4.69, 9.17) is 28.9 Å². The summed E-state index contributed by atoms with van der Waals surface area (Å²) in [5, 5.41) is 0.995. The highest BCUT2D eigenvalue weighted by molar-refractivity contribution is 5.92. The van der Waals surface area contributed by atoms with Crippen molar-refractivity contribution in [2.45, 2.75) is 26.8 Å². The minimum absolute atomic E-state index is 0.305. The van der Waals surface area contributed by atoms with Gasteiger partial charge in [0.1, 0.15) is 11.6 Å². The summed E-state index contributed by atoms with van der Waals surface area (Å²) >= 11 is 0. The first-order valence-electron chi connectivity index (χ1n) is 11.8. The SMILES string of the molecule is COc1cc2nc(CC(C)C)nc(N3CCN(Cc4ccc5c(c4)OCO5)CC3)c2cc1OC. The summed E-state index contributed by atoms with van der Waals surface area (Å²) in [6.07, 6.45) is 0.835. The molecule has 0 bridgehead atoms. The quantitative estimate of drug-likeness (QED) is 0.522. The monoisotopic (exact) mass is 464 g/mol. The van der Waals surface area contributed by atoms with Gasteiger partial charge in [-0.2, -0.15) is 0 Å². The molecule has 5 rings (SSSR count). The van der Waals surface area contributed by atoms with E-state index in [0.29, 0.717) is 24.2 Å². The van der Waals surface area contributed by atoms with Gasteiger partial charge in [0.25, 0.3) is 0 Å². The zero-order valence-corrected chi connectivity index (χ0v) is 20.3. The van der Waals surface area contributed by atoms with Gasteiger partial charge in [0, 0.05) is 50.6 Å². The number of ether oxygens (including phenoxy) is 4. The second-order valence-electron chi connectivity index (χ2n) is 9.24. The van der Waals surface area contributed by atoms with Crippen LogP contribution in [-0.4, -0.2) is 62.1 Å². The number of anilines is 1. The minimum atomic E-state index is 0.305. The van der Waals surface area contributed by atoms with Crippen LogP contribution in [0.2, 0.25) is 0 Å². The van der Waals surface area contributed by atoms with Crippen molar-refractivity contribution in [3.63, 3.8) is 0 Å². The Kier molecular flexibility index (Phi) is 6.32. The van der Waals surface area contributed by atoms with Crippen molar-refractivity contribution in [3.8, 4) is 23.0 Å². The first-order valence-corrected chi connectivity index (χ1v) is 11.8. The van der Waals surface area contributed by atoms with Crippen LogP contribution in [0.25, 0.3) is 10.9 Å². The Morgan fingerprint density at radius 2 is 1.65 bits per heavy atom. The summed E-state index contributed by atoms with van der Waals surface area (Å²) in [5.74, 6) is 5.36. The number of nitrogens with zero attached hydrogens (tertiary/aromatic N) is 4. The van der Waals surface area contributed by atoms with Crippen LogP contribution in [0.1, 0.15) is 25.2 Å². The maximum Gasteiger partial charge on any atom is 0.231 e. The predicted octanol–water partition coefficient (Wildman–Crippen LogP) is 3.90. The van der Waals surface area contributed by atoms with E-state index in [-0.39, 0.29) is 0 Å². The van der Waals surface area contributed by atoms with Crippen molar-refractivity contribution < 1.29 is 18.9 Å². The topological polar surface area (TPSA) is 69.2 Å². The zero-order chi connectivity index (χ0) is 23.7. The molecule has 0 spiro atoms. The fraction of sp³-hybridized carbons (Fsp3) is 0.462. The Morgan fingerprint density at radius 3 is 2.38 bits per heavy atom. The molecule has 0 atom stereocenters. The Bertz CT molecular complexity index is 1180. The van der Waals surface area contributed by atoms with Crippen molar-refractivity contribution in [2.24, 2.45) is 5.92 Å². The van der Waals surface area contributed by atoms with Crippen LogP contribution in [0.4, 0.5) is 5.82 Å². The normalized spacial score (nSPS) is 15.9. The van der Waals surface area contributed by atoms with Crippen LogP contribution in [0.5, 0.6) is 23.0 Å². The number of rotatable bonds is 7. The van der Waals surface area contributed by atoms with E-state index in [1.165, 1.54) is 5.56 Å². The second kappa shape index (κ2) is 9.54. The average molecular weight is 465 g/mol. The van der Waals surface area contributed by atoms with Gasteiger partial charge >= 0.3 is 0 Å². The number of hydrogen-bond acceptors (Lipinski definition) is 8. The molecule has 0 unspecified atom stereocenters. The first-order chi connectivity index (χ1) is 16.5. The minimum Gasteiger partial charge on any atom is -0.493 e. The Hall–Kier alpha value is -3.26. The molecule has 34 heavy (non-hydrogen) atoms. The molecule has 3 heterocycles. The van der Waals surface area contributed by atoms with Gasteiger partial charge in [-0.25, -0.2) is 9.97 Å². The molecular formula is C26H32N4O4. The summed E-state index contributed by atoms with van der Waals surface area (Å²) < 4.78 is 22.1. The standard InChI is InChI=1S/C26H32N4O4/c1-17(2)11-25-27-20-14-23(32-4)22(31-3)13-19(20)26(28-25)30-9-7-29(8-10-30)15-18-5-6-21-24(12-18)34-16-33-21/h5-6,12-14,17H,7-11,15-16H2,1-4H3. The average Bonchev–Trinajstić information content (AvgIpc) is 3.31. The van der Waals surface area contributed by atoms with Gasteiger partial charge in [-0.1, -0.05) is 19.9 Å². The molecule has 2 aromatic carbocycles. The van der Waals surface area contributed by atoms with Gasteiger partial charge in [-0.3, -0.25) is 4.90 Å². The lowest BCUT2D eigenvalue weighted by Crippen LogP contribution is -2.46. The van der Waals surface area contributed by atoms with E-state index in [2.05, 4.69) is 35.8 Å². The lowest BCUT2D eigenvalue weighted by atomic mass is 10.1. The van der Waals surface area contributed by atoms with Crippen molar-refractivity contribution >= 4 is 16.7 Å². The molecular weight excluding hydrogens is 432 g/mol. The molecule has 0 aliphatic carbocycles. The van der Waals surface area contributed by atoms with Crippen LogP contribution < -0.4 is 23.8 Å². The summed E-state index contributed by atoms with van der Waals surface area (Å²) in [6, 6.07) is 10.2. The Morgan fingerprint density at radius 1 is 0.912 bits per heavy atom. The van der Waals surface area contributed by atoms with E-state index >= 15 is 0 Å². The van der Waals surface area contributed by atoms with E-state index in [0.717, 1.165) is 73.2 Å². The van der Waals surface area contributed by atoms with E-state index in [9.17, 15) is 0 Å². The summed E-state index contributed by atoms with van der Waals surface area (Å²) in [7, 11) is 3.31. The molecule has 0 amide bonds. The van der Waals surface area contributed by atoms with Crippen LogP contribution in [0, 0.1) is 5.92 Å². The fourth-order valence-corrected chi connectivity index (χ4v) is 4.60. The highest BCUT2D eigenvalue weighted by atomic mass is 16.7. The van der Waals surface area contributed by atoms with Gasteiger partial charge in [-0.05, 0) is 29.7 Å². The lowest BCUT2D eigenvalue weighted by Gasteiger charge is -2.36. The largest absolute Gasteiger partial charge is 0.493 e. The van der Waals surface area contributed by atoms with Crippen molar-refractivity contribution in [2.75, 3.05) is 52.1 Å². The fourth-order valence-electron chi connectivity index (χ4n) is 4.60. The van der Waals surface area contributed by atoms with Gasteiger partial charge in [0.05, 0.1) is 19.7 Å². The number of piperazine rings is 1. The molecule has 2 aliphatic heterocycles. The number of methoxy groups -OCH3 is 2. The Labute approximate surface area is 200 Å². The first kappa shape index (κ1) is 22.5. The van der Waals surface area contributed by atoms with Gasteiger partial charge in [-0.15, -0.1) is 0 Å². The molecule has 1 fully saturated rings. The zero-order valence-electron chi connectivity index (χ0n) is 20.3. The smallest absolute Gasteiger partial charge is 0.231 e. The predicted molar refractivity (Wildman–Crippen MR) is 131 cm³/mol. The highest BCUT2D eigenvalue weighted by Gasteiger charge is 2.23.